The Bertz CT molecular complexity index is 925. The van der Waals surface area contributed by atoms with Crippen molar-refractivity contribution in [2.75, 3.05) is 19.6 Å². The van der Waals surface area contributed by atoms with Gasteiger partial charge in [0.25, 0.3) is 5.91 Å². The maximum atomic E-state index is 12.3. The number of hydrogen-bond acceptors (Lipinski definition) is 6. The van der Waals surface area contributed by atoms with E-state index in [1.165, 1.54) is 12.7 Å². The van der Waals surface area contributed by atoms with Crippen molar-refractivity contribution in [3.63, 3.8) is 0 Å². The fourth-order valence-corrected chi connectivity index (χ4v) is 3.55. The van der Waals surface area contributed by atoms with E-state index < -0.39 is 11.9 Å². The zero-order chi connectivity index (χ0) is 20.3. The fourth-order valence-electron chi connectivity index (χ4n) is 3.36. The van der Waals surface area contributed by atoms with Gasteiger partial charge in [-0.1, -0.05) is 11.6 Å². The number of fused-ring (bicyclic) bond motifs is 3. The molecule has 0 aliphatic carbocycles. The van der Waals surface area contributed by atoms with Gasteiger partial charge in [0, 0.05) is 36.7 Å². The van der Waals surface area contributed by atoms with E-state index in [1.54, 1.807) is 12.3 Å². The van der Waals surface area contributed by atoms with Crippen LogP contribution in [0.4, 0.5) is 0 Å². The SMILES string of the molecule is O=C(NC1CN2CCC1C2)c1cc2c(Cl)coc2cn1.O=C(O)/C=C/C(=O)O. The summed E-state index contributed by atoms with van der Waals surface area (Å²) in [6.45, 7) is 3.21. The van der Waals surface area contributed by atoms with Gasteiger partial charge >= 0.3 is 11.9 Å². The number of piperidine rings is 1. The smallest absolute Gasteiger partial charge is 0.328 e. The van der Waals surface area contributed by atoms with Crippen molar-refractivity contribution >= 4 is 40.4 Å². The molecule has 0 spiro atoms. The van der Waals surface area contributed by atoms with Crippen LogP contribution in [0.25, 0.3) is 11.0 Å². The Kier molecular flexibility index (Phi) is 5.96. The number of halogens is 1. The minimum atomic E-state index is -1.26. The van der Waals surface area contributed by atoms with Crippen LogP contribution in [0, 0.1) is 5.92 Å². The van der Waals surface area contributed by atoms with E-state index in [4.69, 9.17) is 26.2 Å². The van der Waals surface area contributed by atoms with E-state index in [-0.39, 0.29) is 11.9 Å². The van der Waals surface area contributed by atoms with Gasteiger partial charge in [-0.05, 0) is 24.9 Å². The van der Waals surface area contributed by atoms with Crippen LogP contribution >= 0.6 is 11.6 Å². The number of rotatable bonds is 4. The summed E-state index contributed by atoms with van der Waals surface area (Å²) in [4.78, 5) is 37.9. The van der Waals surface area contributed by atoms with E-state index in [1.807, 2.05) is 0 Å². The molecule has 0 saturated carbocycles. The monoisotopic (exact) mass is 407 g/mol. The second kappa shape index (κ2) is 8.41. The average Bonchev–Trinajstić information content (AvgIpc) is 3.36. The largest absolute Gasteiger partial charge is 0.478 e. The number of furan rings is 1. The summed E-state index contributed by atoms with van der Waals surface area (Å²) in [5.41, 5.74) is 0.983. The Labute approximate surface area is 164 Å². The Morgan fingerprint density at radius 2 is 1.96 bits per heavy atom. The lowest BCUT2D eigenvalue weighted by molar-refractivity contribution is -0.134. The maximum Gasteiger partial charge on any atom is 0.328 e. The number of aliphatic carboxylic acids is 2. The minimum absolute atomic E-state index is 0.136. The molecule has 3 N–H and O–H groups in total. The van der Waals surface area contributed by atoms with Crippen molar-refractivity contribution in [3.05, 3.63) is 41.4 Å². The van der Waals surface area contributed by atoms with E-state index >= 15 is 0 Å². The van der Waals surface area contributed by atoms with Crippen LogP contribution < -0.4 is 5.32 Å². The Morgan fingerprint density at radius 1 is 1.25 bits per heavy atom. The van der Waals surface area contributed by atoms with Gasteiger partial charge in [0.15, 0.2) is 5.58 Å². The molecule has 3 unspecified atom stereocenters. The molecular weight excluding hydrogens is 390 g/mol. The number of nitrogens with zero attached hydrogens (tertiary/aromatic N) is 2. The average molecular weight is 408 g/mol. The Hall–Kier alpha value is -2.91. The molecule has 2 aliphatic heterocycles. The third kappa shape index (κ3) is 4.68. The predicted molar refractivity (Wildman–Crippen MR) is 99.2 cm³/mol. The number of carbonyl (C=O) groups excluding carboxylic acids is 1. The molecule has 0 radical (unpaired) electrons. The van der Waals surface area contributed by atoms with Gasteiger partial charge in [-0.15, -0.1) is 0 Å². The van der Waals surface area contributed by atoms with Crippen LogP contribution in [-0.4, -0.2) is 63.6 Å². The molecule has 2 aromatic heterocycles. The van der Waals surface area contributed by atoms with Crippen LogP contribution in [0.3, 0.4) is 0 Å². The zero-order valence-corrected chi connectivity index (χ0v) is 15.4. The molecule has 2 saturated heterocycles. The number of carboxylic acids is 2. The number of nitrogens with one attached hydrogen (secondary N) is 1. The Balaban J connectivity index is 0.000000242. The summed E-state index contributed by atoms with van der Waals surface area (Å²) in [7, 11) is 0. The van der Waals surface area contributed by atoms with Gasteiger partial charge in [0.05, 0.1) is 11.2 Å². The van der Waals surface area contributed by atoms with Crippen LogP contribution in [0.2, 0.25) is 5.02 Å². The molecule has 10 heteroatoms. The summed E-state index contributed by atoms with van der Waals surface area (Å²) in [5.74, 6) is -2.07. The summed E-state index contributed by atoms with van der Waals surface area (Å²) in [6, 6.07) is 1.93. The highest BCUT2D eigenvalue weighted by molar-refractivity contribution is 6.35. The van der Waals surface area contributed by atoms with E-state index in [0.717, 1.165) is 25.0 Å². The molecule has 2 aliphatic rings. The number of amides is 1. The number of aromatic nitrogens is 1. The van der Waals surface area contributed by atoms with Crippen LogP contribution in [-0.2, 0) is 9.59 Å². The first-order valence-corrected chi connectivity index (χ1v) is 8.91. The van der Waals surface area contributed by atoms with Crippen LogP contribution in [0.15, 0.2) is 35.1 Å². The van der Waals surface area contributed by atoms with Crippen molar-refractivity contribution in [3.8, 4) is 0 Å². The summed E-state index contributed by atoms with van der Waals surface area (Å²) >= 11 is 6.01. The van der Waals surface area contributed by atoms with Crippen molar-refractivity contribution in [1.29, 1.82) is 0 Å². The first kappa shape index (κ1) is 19.8. The van der Waals surface area contributed by atoms with Crippen molar-refractivity contribution < 1.29 is 29.0 Å². The first-order chi connectivity index (χ1) is 13.3. The number of carbonyl (C=O) groups is 3. The summed E-state index contributed by atoms with van der Waals surface area (Å²) in [6.07, 6.45) is 5.29. The van der Waals surface area contributed by atoms with E-state index in [9.17, 15) is 14.4 Å². The lowest BCUT2D eigenvalue weighted by Crippen LogP contribution is -2.43. The second-order valence-electron chi connectivity index (χ2n) is 6.55. The van der Waals surface area contributed by atoms with Crippen LogP contribution in [0.5, 0.6) is 0 Å². The number of carboxylic acid groups (broad SMARTS) is 2. The lowest BCUT2D eigenvalue weighted by Gasteiger charge is -2.22. The third-order valence-electron chi connectivity index (χ3n) is 4.66. The van der Waals surface area contributed by atoms with Gasteiger partial charge < -0.3 is 24.8 Å². The van der Waals surface area contributed by atoms with Gasteiger partial charge in [-0.2, -0.15) is 0 Å². The van der Waals surface area contributed by atoms with E-state index in [0.29, 0.717) is 34.4 Å². The quantitative estimate of drug-likeness (QED) is 0.651. The molecule has 0 aromatic carbocycles. The number of hydrogen-bond donors (Lipinski definition) is 3. The number of pyridine rings is 1. The standard InChI is InChI=1S/C14H14ClN3O2.C4H4O4/c15-10-7-20-13-4-16-11(3-9(10)13)14(19)17-12-6-18-2-1-8(12)5-18;5-3(6)1-2-4(7)8/h3-4,7-8,12H,1-2,5-6H2,(H,17,19);1-2H,(H,5,6)(H,7,8)/b;2-1+. The third-order valence-corrected chi connectivity index (χ3v) is 4.96. The first-order valence-electron chi connectivity index (χ1n) is 8.53. The van der Waals surface area contributed by atoms with Gasteiger partial charge in [0.2, 0.25) is 0 Å². The minimum Gasteiger partial charge on any atom is -0.478 e. The summed E-state index contributed by atoms with van der Waals surface area (Å²) in [5, 5.41) is 19.9. The normalized spacial score (nSPS) is 22.8. The molecule has 2 aromatic rings. The zero-order valence-electron chi connectivity index (χ0n) is 14.7. The molecule has 9 nitrogen and oxygen atoms in total. The van der Waals surface area contributed by atoms with E-state index in [2.05, 4.69) is 15.2 Å². The topological polar surface area (TPSA) is 133 Å². The highest BCUT2D eigenvalue weighted by Gasteiger charge is 2.38. The molecule has 2 bridgehead atoms. The van der Waals surface area contributed by atoms with Crippen molar-refractivity contribution in [2.24, 2.45) is 5.92 Å². The second-order valence-corrected chi connectivity index (χ2v) is 6.95. The van der Waals surface area contributed by atoms with Crippen LogP contribution in [0.1, 0.15) is 16.9 Å². The van der Waals surface area contributed by atoms with Crippen molar-refractivity contribution in [2.45, 2.75) is 12.5 Å². The predicted octanol–water partition coefficient (Wildman–Crippen LogP) is 1.63. The molecule has 148 valence electrons. The molecule has 3 atom stereocenters. The fraction of sp³-hybridized carbons (Fsp3) is 0.333. The van der Waals surface area contributed by atoms with Gasteiger partial charge in [-0.25, -0.2) is 14.6 Å². The molecule has 1 amide bonds. The van der Waals surface area contributed by atoms with Crippen molar-refractivity contribution in [1.82, 2.24) is 15.2 Å². The maximum absolute atomic E-state index is 12.3. The lowest BCUT2D eigenvalue weighted by atomic mass is 10.00. The molecule has 28 heavy (non-hydrogen) atoms. The van der Waals surface area contributed by atoms with Gasteiger partial charge in [-0.3, -0.25) is 4.79 Å². The highest BCUT2D eigenvalue weighted by atomic mass is 35.5. The highest BCUT2D eigenvalue weighted by Crippen LogP contribution is 2.28. The molecule has 4 heterocycles. The van der Waals surface area contributed by atoms with Gasteiger partial charge in [0.1, 0.15) is 12.0 Å². The molecule has 2 fully saturated rings. The molecule has 4 rings (SSSR count). The molecular formula is C18H18ClN3O6. The summed E-state index contributed by atoms with van der Waals surface area (Å²) < 4.78 is 5.22. The Morgan fingerprint density at radius 3 is 2.54 bits per heavy atom.